The van der Waals surface area contributed by atoms with E-state index < -0.39 is 6.10 Å². The molecule has 16 heavy (non-hydrogen) atoms. The lowest BCUT2D eigenvalue weighted by atomic mass is 10.2. The van der Waals surface area contributed by atoms with Crippen LogP contribution < -0.4 is 0 Å². The van der Waals surface area contributed by atoms with Gasteiger partial charge in [-0.15, -0.1) is 22.7 Å². The second kappa shape index (κ2) is 5.14. The number of aryl methyl sites for hydroxylation is 1. The maximum Gasteiger partial charge on any atom is 0.107 e. The Hall–Kier alpha value is 0.0600. The van der Waals surface area contributed by atoms with Crippen LogP contribution in [0.5, 0.6) is 0 Å². The topological polar surface area (TPSA) is 33.1 Å². The Morgan fingerprint density at radius 1 is 1.62 bits per heavy atom. The number of thiophene rings is 1. The number of rotatable bonds is 3. The van der Waals surface area contributed by atoms with Crippen LogP contribution in [-0.2, 0) is 6.42 Å². The van der Waals surface area contributed by atoms with Crippen molar-refractivity contribution >= 4 is 50.2 Å². The molecule has 2 aromatic rings. The number of hydrogen-bond acceptors (Lipinski definition) is 4. The van der Waals surface area contributed by atoms with E-state index in [2.05, 4.69) is 20.9 Å². The molecule has 2 rings (SSSR count). The van der Waals surface area contributed by atoms with Crippen LogP contribution in [-0.4, -0.2) is 10.1 Å². The van der Waals surface area contributed by atoms with Crippen LogP contribution >= 0.6 is 50.2 Å². The molecule has 86 valence electrons. The molecule has 0 fully saturated rings. The minimum atomic E-state index is -0.528. The van der Waals surface area contributed by atoms with Crippen LogP contribution in [0.2, 0.25) is 4.34 Å². The van der Waals surface area contributed by atoms with Gasteiger partial charge < -0.3 is 5.11 Å². The first kappa shape index (κ1) is 12.5. The molecular formula is C10H9BrClNOS2. The molecule has 0 bridgehead atoms. The summed E-state index contributed by atoms with van der Waals surface area (Å²) in [6.07, 6.45) is 0.0151. The Bertz CT molecular complexity index is 477. The average Bonchev–Trinajstić information content (AvgIpc) is 2.75. The van der Waals surface area contributed by atoms with Crippen molar-refractivity contribution in [1.82, 2.24) is 4.98 Å². The van der Waals surface area contributed by atoms with Gasteiger partial charge in [-0.3, -0.25) is 0 Å². The van der Waals surface area contributed by atoms with E-state index in [0.29, 0.717) is 10.8 Å². The summed E-state index contributed by atoms with van der Waals surface area (Å²) in [5.74, 6) is 0. The molecule has 1 N–H and O–H groups in total. The normalized spacial score (nSPS) is 13.0. The van der Waals surface area contributed by atoms with Gasteiger partial charge in [-0.25, -0.2) is 4.98 Å². The van der Waals surface area contributed by atoms with Crippen molar-refractivity contribution < 1.29 is 5.11 Å². The van der Waals surface area contributed by atoms with Crippen molar-refractivity contribution in [1.29, 1.82) is 0 Å². The van der Waals surface area contributed by atoms with E-state index in [-0.39, 0.29) is 0 Å². The molecule has 1 unspecified atom stereocenters. The highest BCUT2D eigenvalue weighted by Crippen LogP contribution is 2.36. The first-order valence-corrected chi connectivity index (χ1v) is 7.47. The van der Waals surface area contributed by atoms with Gasteiger partial charge in [0.2, 0.25) is 0 Å². The van der Waals surface area contributed by atoms with Crippen LogP contribution in [0.15, 0.2) is 15.9 Å². The van der Waals surface area contributed by atoms with E-state index in [0.717, 1.165) is 20.1 Å². The predicted octanol–water partition coefficient (Wildman–Crippen LogP) is 4.21. The fraction of sp³-hybridized carbons (Fsp3) is 0.300. The Balaban J connectivity index is 2.11. The molecule has 6 heteroatoms. The van der Waals surface area contributed by atoms with Gasteiger partial charge in [-0.05, 0) is 28.9 Å². The van der Waals surface area contributed by atoms with E-state index >= 15 is 0 Å². The van der Waals surface area contributed by atoms with Gasteiger partial charge in [0.25, 0.3) is 0 Å². The monoisotopic (exact) mass is 337 g/mol. The molecule has 0 saturated heterocycles. The zero-order valence-electron chi connectivity index (χ0n) is 8.41. The highest BCUT2D eigenvalue weighted by Gasteiger charge is 2.15. The summed E-state index contributed by atoms with van der Waals surface area (Å²) in [5.41, 5.74) is 0.998. The van der Waals surface area contributed by atoms with Gasteiger partial charge in [0, 0.05) is 26.8 Å². The van der Waals surface area contributed by atoms with Crippen LogP contribution in [0.25, 0.3) is 0 Å². The Kier molecular flexibility index (Phi) is 4.02. The summed E-state index contributed by atoms with van der Waals surface area (Å²) in [4.78, 5) is 5.19. The van der Waals surface area contributed by atoms with Crippen LogP contribution in [0.1, 0.15) is 21.7 Å². The van der Waals surface area contributed by atoms with Gasteiger partial charge in [-0.2, -0.15) is 0 Å². The Morgan fingerprint density at radius 3 is 2.88 bits per heavy atom. The maximum absolute atomic E-state index is 10.0. The number of thiazole rings is 1. The average molecular weight is 339 g/mol. The maximum atomic E-state index is 10.0. The number of nitrogens with zero attached hydrogens (tertiary/aromatic N) is 1. The van der Waals surface area contributed by atoms with Gasteiger partial charge in [-0.1, -0.05) is 11.6 Å². The molecule has 0 radical (unpaired) electrons. The van der Waals surface area contributed by atoms with Crippen molar-refractivity contribution in [2.24, 2.45) is 0 Å². The first-order chi connectivity index (χ1) is 7.56. The molecule has 2 aromatic heterocycles. The molecule has 0 aliphatic heterocycles. The van der Waals surface area contributed by atoms with E-state index in [1.807, 2.05) is 18.4 Å². The summed E-state index contributed by atoms with van der Waals surface area (Å²) in [6, 6.07) is 1.86. The molecule has 0 aliphatic rings. The zero-order valence-corrected chi connectivity index (χ0v) is 12.4. The van der Waals surface area contributed by atoms with E-state index in [1.54, 1.807) is 11.3 Å². The lowest BCUT2D eigenvalue weighted by Gasteiger charge is -2.04. The number of aliphatic hydroxyl groups is 1. The summed E-state index contributed by atoms with van der Waals surface area (Å²) in [7, 11) is 0. The van der Waals surface area contributed by atoms with Crippen LogP contribution in [0.3, 0.4) is 0 Å². The third kappa shape index (κ3) is 2.84. The summed E-state index contributed by atoms with van der Waals surface area (Å²) in [5, 5.41) is 13.0. The fourth-order valence-corrected chi connectivity index (χ4v) is 3.82. The highest BCUT2D eigenvalue weighted by atomic mass is 79.9. The van der Waals surface area contributed by atoms with Gasteiger partial charge in [0.05, 0.1) is 11.1 Å². The van der Waals surface area contributed by atoms with Gasteiger partial charge >= 0.3 is 0 Å². The first-order valence-electron chi connectivity index (χ1n) is 4.60. The number of aromatic nitrogens is 1. The van der Waals surface area contributed by atoms with E-state index in [1.165, 1.54) is 11.3 Å². The molecule has 0 aromatic carbocycles. The molecule has 0 amide bonds. The molecular weight excluding hydrogens is 330 g/mol. The van der Waals surface area contributed by atoms with Crippen molar-refractivity contribution in [3.8, 4) is 0 Å². The lowest BCUT2D eigenvalue weighted by molar-refractivity contribution is 0.182. The van der Waals surface area contributed by atoms with E-state index in [9.17, 15) is 5.11 Å². The standard InChI is InChI=1S/C10H9BrClNOS2/c1-5-4-15-9(13-5)3-7(14)8-2-6(11)10(12)16-8/h2,4,7,14H,3H2,1H3. The van der Waals surface area contributed by atoms with Gasteiger partial charge in [0.15, 0.2) is 0 Å². The Morgan fingerprint density at radius 2 is 2.38 bits per heavy atom. The second-order valence-corrected chi connectivity index (χ2v) is 6.86. The smallest absolute Gasteiger partial charge is 0.107 e. The number of aliphatic hydroxyl groups excluding tert-OH is 1. The van der Waals surface area contributed by atoms with Gasteiger partial charge in [0.1, 0.15) is 4.34 Å². The molecule has 2 heterocycles. The minimum absolute atomic E-state index is 0.528. The minimum Gasteiger partial charge on any atom is -0.387 e. The zero-order chi connectivity index (χ0) is 11.7. The van der Waals surface area contributed by atoms with Crippen molar-refractivity contribution in [3.05, 3.63) is 35.8 Å². The number of hydrogen-bond donors (Lipinski definition) is 1. The summed E-state index contributed by atoms with van der Waals surface area (Å²) < 4.78 is 1.51. The van der Waals surface area contributed by atoms with Crippen molar-refractivity contribution in [3.63, 3.8) is 0 Å². The predicted molar refractivity (Wildman–Crippen MR) is 72.5 cm³/mol. The molecule has 2 nitrogen and oxygen atoms in total. The summed E-state index contributed by atoms with van der Waals surface area (Å²) >= 11 is 12.2. The molecule has 0 spiro atoms. The third-order valence-electron chi connectivity index (χ3n) is 2.03. The van der Waals surface area contributed by atoms with E-state index in [4.69, 9.17) is 11.6 Å². The largest absolute Gasteiger partial charge is 0.387 e. The van der Waals surface area contributed by atoms with Crippen LogP contribution in [0.4, 0.5) is 0 Å². The number of halogens is 2. The third-order valence-corrected chi connectivity index (χ3v) is 5.59. The SMILES string of the molecule is Cc1csc(CC(O)c2cc(Br)c(Cl)s2)n1. The van der Waals surface area contributed by atoms with Crippen LogP contribution in [0, 0.1) is 6.92 Å². The highest BCUT2D eigenvalue weighted by molar-refractivity contribution is 9.10. The summed E-state index contributed by atoms with van der Waals surface area (Å²) in [6.45, 7) is 1.95. The van der Waals surface area contributed by atoms with Crippen molar-refractivity contribution in [2.45, 2.75) is 19.4 Å². The van der Waals surface area contributed by atoms with Crippen molar-refractivity contribution in [2.75, 3.05) is 0 Å². The fourth-order valence-electron chi connectivity index (χ4n) is 1.29. The molecule has 0 aliphatic carbocycles. The Labute approximate surface area is 115 Å². The lowest BCUT2D eigenvalue weighted by Crippen LogP contribution is -1.99. The quantitative estimate of drug-likeness (QED) is 0.909. The second-order valence-electron chi connectivity index (χ2n) is 3.37. The molecule has 0 saturated carbocycles. The molecule has 1 atom stereocenters.